The highest BCUT2D eigenvalue weighted by Crippen LogP contribution is 2.38. The van der Waals surface area contributed by atoms with E-state index < -0.39 is 5.97 Å². The normalized spacial score (nSPS) is 23.7. The Labute approximate surface area is 220 Å². The van der Waals surface area contributed by atoms with E-state index >= 15 is 0 Å². The quantitative estimate of drug-likeness (QED) is 0.480. The lowest BCUT2D eigenvalue weighted by Gasteiger charge is -2.35. The van der Waals surface area contributed by atoms with Crippen LogP contribution < -0.4 is 21.1 Å². The molecule has 2 aromatic heterocycles. The van der Waals surface area contributed by atoms with Crippen LogP contribution in [-0.4, -0.2) is 46.2 Å². The first kappa shape index (κ1) is 24.0. The number of ether oxygens (including phenoxy) is 1. The highest BCUT2D eigenvalue weighted by atomic mass is 35.5. The number of carbonyl (C=O) groups is 1. The van der Waals surface area contributed by atoms with E-state index in [4.69, 9.17) is 21.3 Å². The number of aryl methyl sites for hydroxylation is 1. The molecule has 3 aliphatic rings. The third-order valence-electron chi connectivity index (χ3n) is 7.66. The number of rotatable bonds is 4. The molecule has 1 unspecified atom stereocenters. The third kappa shape index (κ3) is 4.50. The van der Waals surface area contributed by atoms with E-state index in [0.717, 1.165) is 42.5 Å². The Bertz CT molecular complexity index is 1440. The maximum Gasteiger partial charge on any atom is 0.346 e. The van der Waals surface area contributed by atoms with Crippen LogP contribution in [0.25, 0.3) is 10.9 Å². The number of benzene rings is 1. The van der Waals surface area contributed by atoms with Gasteiger partial charge in [0.05, 0.1) is 23.4 Å². The Morgan fingerprint density at radius 2 is 1.92 bits per heavy atom. The van der Waals surface area contributed by atoms with Crippen molar-refractivity contribution in [1.29, 1.82) is 0 Å². The second-order valence-corrected chi connectivity index (χ2v) is 11.3. The molecule has 4 heterocycles. The number of piperidine rings is 1. The van der Waals surface area contributed by atoms with Crippen molar-refractivity contribution < 1.29 is 9.53 Å². The van der Waals surface area contributed by atoms with Crippen LogP contribution in [0.3, 0.4) is 0 Å². The molecule has 1 aromatic carbocycles. The molecule has 3 atom stereocenters. The number of carbonyl (C=O) groups excluding carboxylic acids is 1. The predicted molar refractivity (Wildman–Crippen MR) is 145 cm³/mol. The summed E-state index contributed by atoms with van der Waals surface area (Å²) >= 11 is 6.50. The molecule has 9 nitrogen and oxygen atoms in total. The van der Waals surface area contributed by atoms with E-state index in [1.807, 2.05) is 18.2 Å². The first-order valence-corrected chi connectivity index (χ1v) is 13.3. The number of nitrogens with zero attached hydrogens (tertiary/aromatic N) is 4. The summed E-state index contributed by atoms with van der Waals surface area (Å²) in [5.41, 5.74) is 1.67. The van der Waals surface area contributed by atoms with Crippen LogP contribution in [0.1, 0.15) is 43.5 Å². The Balaban J connectivity index is 1.39. The van der Waals surface area contributed by atoms with Gasteiger partial charge in [0.15, 0.2) is 5.82 Å². The number of hydrogen-bond acceptors (Lipinski definition) is 8. The minimum Gasteiger partial charge on any atom is -0.460 e. The predicted octanol–water partition coefficient (Wildman–Crippen LogP) is 4.57. The average Bonchev–Trinajstić information content (AvgIpc) is 3.71. The van der Waals surface area contributed by atoms with E-state index in [-0.39, 0.29) is 23.8 Å². The molecule has 2 fully saturated rings. The zero-order chi connectivity index (χ0) is 25.8. The Hall–Kier alpha value is -3.33. The van der Waals surface area contributed by atoms with Gasteiger partial charge in [-0.25, -0.2) is 9.78 Å². The Kier molecular flexibility index (Phi) is 5.98. The number of nitrogens with one attached hydrogen (secondary N) is 2. The number of fused-ring (bicyclic) bond motifs is 3. The summed E-state index contributed by atoms with van der Waals surface area (Å²) in [6.45, 7) is 6.58. The van der Waals surface area contributed by atoms with E-state index in [1.165, 1.54) is 11.0 Å². The van der Waals surface area contributed by atoms with Gasteiger partial charge in [-0.2, -0.15) is 4.98 Å². The van der Waals surface area contributed by atoms with Crippen LogP contribution in [0.2, 0.25) is 5.02 Å². The zero-order valence-corrected chi connectivity index (χ0v) is 22.0. The van der Waals surface area contributed by atoms with Crippen molar-refractivity contribution in [3.63, 3.8) is 0 Å². The summed E-state index contributed by atoms with van der Waals surface area (Å²) in [4.78, 5) is 37.4. The topological polar surface area (TPSA) is 101 Å². The van der Waals surface area contributed by atoms with E-state index in [0.29, 0.717) is 40.2 Å². The van der Waals surface area contributed by atoms with E-state index in [9.17, 15) is 9.59 Å². The van der Waals surface area contributed by atoms with Gasteiger partial charge in [0, 0.05) is 31.2 Å². The minimum absolute atomic E-state index is 0.00897. The molecule has 194 valence electrons. The molecule has 1 saturated heterocycles. The molecule has 1 aliphatic carbocycles. The monoisotopic (exact) mass is 522 g/mol. The van der Waals surface area contributed by atoms with Gasteiger partial charge in [-0.3, -0.25) is 4.79 Å². The molecular formula is C27H31ClN6O3. The second kappa shape index (κ2) is 9.20. The third-order valence-corrected chi connectivity index (χ3v) is 7.94. The standard InChI is InChI=1S/C27H31ClN6O3/c1-14-8-15(2)12-34(11-14)27-29-10-19(28)24(32-27)30-17-6-7-21-18(9-17)23-22(25(35)33(21)3)26(36)37-13-20(31-23)16-4-5-16/h6-7,9-10,14-16,20,31H,4-5,8,11-13H2,1-3H3,(H,29,30,32)/t14-,15+,20?. The molecule has 0 amide bonds. The van der Waals surface area contributed by atoms with Crippen molar-refractivity contribution in [1.82, 2.24) is 14.5 Å². The Morgan fingerprint density at radius 1 is 1.16 bits per heavy atom. The maximum absolute atomic E-state index is 13.1. The highest BCUT2D eigenvalue weighted by Gasteiger charge is 2.37. The number of anilines is 4. The summed E-state index contributed by atoms with van der Waals surface area (Å²) in [5, 5.41) is 7.99. The summed E-state index contributed by atoms with van der Waals surface area (Å²) in [6, 6.07) is 5.66. The summed E-state index contributed by atoms with van der Waals surface area (Å²) in [6.07, 6.45) is 5.00. The number of hydrogen-bond donors (Lipinski definition) is 2. The SMILES string of the molecule is C[C@@H]1C[C@H](C)CN(c2ncc(Cl)c(Nc3ccc4c(c3)c3c(c(=O)n4C)C(=O)OCC(C4CC4)N3)n2)C1. The first-order chi connectivity index (χ1) is 17.8. The molecule has 37 heavy (non-hydrogen) atoms. The van der Waals surface area contributed by atoms with Crippen LogP contribution in [0.4, 0.5) is 23.1 Å². The van der Waals surface area contributed by atoms with E-state index in [2.05, 4.69) is 34.4 Å². The van der Waals surface area contributed by atoms with Crippen molar-refractivity contribution in [3.8, 4) is 0 Å². The maximum atomic E-state index is 13.1. The van der Waals surface area contributed by atoms with E-state index in [1.54, 1.807) is 13.2 Å². The average molecular weight is 523 g/mol. The molecule has 0 spiro atoms. The highest BCUT2D eigenvalue weighted by molar-refractivity contribution is 6.33. The smallest absolute Gasteiger partial charge is 0.346 e. The number of esters is 1. The molecule has 6 rings (SSSR count). The van der Waals surface area contributed by atoms with Gasteiger partial charge in [-0.1, -0.05) is 25.4 Å². The van der Waals surface area contributed by atoms with Crippen LogP contribution in [0.5, 0.6) is 0 Å². The van der Waals surface area contributed by atoms with Crippen LogP contribution in [0.15, 0.2) is 29.2 Å². The van der Waals surface area contributed by atoms with Crippen molar-refractivity contribution in [2.24, 2.45) is 24.8 Å². The summed E-state index contributed by atoms with van der Waals surface area (Å²) in [5.74, 6) is 2.16. The fourth-order valence-corrected chi connectivity index (χ4v) is 5.88. The van der Waals surface area contributed by atoms with Gasteiger partial charge in [0.2, 0.25) is 5.95 Å². The van der Waals surface area contributed by atoms with Gasteiger partial charge in [-0.05, 0) is 55.2 Å². The molecule has 3 aromatic rings. The van der Waals surface area contributed by atoms with Gasteiger partial charge in [0.1, 0.15) is 17.2 Å². The number of pyridine rings is 1. The van der Waals surface area contributed by atoms with Crippen LogP contribution in [-0.2, 0) is 11.8 Å². The molecule has 10 heteroatoms. The lowest BCUT2D eigenvalue weighted by molar-refractivity contribution is 0.0491. The number of cyclic esters (lactones) is 1. The Morgan fingerprint density at radius 3 is 2.65 bits per heavy atom. The fraction of sp³-hybridized carbons (Fsp3) is 0.481. The molecular weight excluding hydrogens is 492 g/mol. The number of aromatic nitrogens is 3. The number of halogens is 1. The first-order valence-electron chi connectivity index (χ1n) is 12.9. The summed E-state index contributed by atoms with van der Waals surface area (Å²) in [7, 11) is 1.67. The van der Waals surface area contributed by atoms with Crippen molar-refractivity contribution in [3.05, 3.63) is 45.3 Å². The minimum atomic E-state index is -0.583. The molecule has 2 aliphatic heterocycles. The van der Waals surface area contributed by atoms with Gasteiger partial charge >= 0.3 is 5.97 Å². The van der Waals surface area contributed by atoms with Crippen molar-refractivity contribution >= 4 is 51.6 Å². The zero-order valence-electron chi connectivity index (χ0n) is 21.3. The second-order valence-electron chi connectivity index (χ2n) is 10.9. The molecule has 0 bridgehead atoms. The summed E-state index contributed by atoms with van der Waals surface area (Å²) < 4.78 is 6.98. The van der Waals surface area contributed by atoms with Gasteiger partial charge in [0.25, 0.3) is 5.56 Å². The van der Waals surface area contributed by atoms with Crippen LogP contribution in [0, 0.1) is 17.8 Å². The molecule has 2 N–H and O–H groups in total. The lowest BCUT2D eigenvalue weighted by Crippen LogP contribution is -2.39. The van der Waals surface area contributed by atoms with Gasteiger partial charge in [-0.15, -0.1) is 0 Å². The fourth-order valence-electron chi connectivity index (χ4n) is 5.74. The molecule has 1 saturated carbocycles. The lowest BCUT2D eigenvalue weighted by atomic mass is 9.92. The van der Waals surface area contributed by atoms with Crippen molar-refractivity contribution in [2.45, 2.75) is 39.2 Å². The van der Waals surface area contributed by atoms with Gasteiger partial charge < -0.3 is 24.8 Å². The van der Waals surface area contributed by atoms with Crippen molar-refractivity contribution in [2.75, 3.05) is 35.2 Å². The largest absolute Gasteiger partial charge is 0.460 e. The molecule has 0 radical (unpaired) electrons. The van der Waals surface area contributed by atoms with Crippen LogP contribution >= 0.6 is 11.6 Å².